The van der Waals surface area contributed by atoms with Gasteiger partial charge < -0.3 is 5.32 Å². The minimum atomic E-state index is -4.46. The second-order valence-corrected chi connectivity index (χ2v) is 7.68. The van der Waals surface area contributed by atoms with Gasteiger partial charge in [-0.1, -0.05) is 66.2 Å². The summed E-state index contributed by atoms with van der Waals surface area (Å²) in [5.74, 6) is -0.162. The molecule has 2 atom stereocenters. The third kappa shape index (κ3) is 6.17. The highest BCUT2D eigenvalue weighted by atomic mass is 19.4. The number of nitrogens with zero attached hydrogens (tertiary/aromatic N) is 1. The first-order chi connectivity index (χ1) is 15.3. The summed E-state index contributed by atoms with van der Waals surface area (Å²) in [6, 6.07) is 19.1. The van der Waals surface area contributed by atoms with Crippen molar-refractivity contribution in [2.75, 3.05) is 7.05 Å². The molecule has 2 N–H and O–H groups in total. The maximum absolute atomic E-state index is 12.8. The predicted molar refractivity (Wildman–Crippen MR) is 118 cm³/mol. The summed E-state index contributed by atoms with van der Waals surface area (Å²) in [6.07, 6.45) is -2.10. The zero-order valence-corrected chi connectivity index (χ0v) is 18.0. The SMILES string of the molecule is CNC(=O)[C@H](NC(CCc1ccc(C(F)(F)F)nc1)c1cccc(C)c1)c1ccccc1. The third-order valence-corrected chi connectivity index (χ3v) is 5.29. The van der Waals surface area contributed by atoms with E-state index in [2.05, 4.69) is 21.7 Å². The second kappa shape index (κ2) is 10.4. The van der Waals surface area contributed by atoms with Gasteiger partial charge in [-0.2, -0.15) is 13.2 Å². The van der Waals surface area contributed by atoms with Crippen LogP contribution in [-0.2, 0) is 17.4 Å². The molecule has 2 aromatic carbocycles. The van der Waals surface area contributed by atoms with Crippen molar-refractivity contribution in [3.63, 3.8) is 0 Å². The molecule has 3 aromatic rings. The molecule has 0 aliphatic carbocycles. The molecule has 0 saturated heterocycles. The number of nitrogens with one attached hydrogen (secondary N) is 2. The van der Waals surface area contributed by atoms with Gasteiger partial charge in [0, 0.05) is 19.3 Å². The van der Waals surface area contributed by atoms with Crippen LogP contribution in [0.4, 0.5) is 13.2 Å². The Morgan fingerprint density at radius 3 is 2.31 bits per heavy atom. The number of amides is 1. The average molecular weight is 441 g/mol. The van der Waals surface area contributed by atoms with Crippen LogP contribution in [0.3, 0.4) is 0 Å². The Hall–Kier alpha value is -3.19. The van der Waals surface area contributed by atoms with E-state index in [1.807, 2.05) is 55.5 Å². The van der Waals surface area contributed by atoms with Crippen LogP contribution in [0.15, 0.2) is 72.9 Å². The zero-order valence-electron chi connectivity index (χ0n) is 18.0. The number of aromatic nitrogens is 1. The van der Waals surface area contributed by atoms with Crippen molar-refractivity contribution in [3.8, 4) is 0 Å². The summed E-state index contributed by atoms with van der Waals surface area (Å²) in [5.41, 5.74) is 2.73. The minimum Gasteiger partial charge on any atom is -0.358 e. The number of likely N-dealkylation sites (N-methyl/N-ethyl adjacent to an activating group) is 1. The number of carbonyl (C=O) groups is 1. The van der Waals surface area contributed by atoms with E-state index in [0.29, 0.717) is 18.4 Å². The summed E-state index contributed by atoms with van der Waals surface area (Å²) >= 11 is 0. The van der Waals surface area contributed by atoms with Crippen molar-refractivity contribution < 1.29 is 18.0 Å². The highest BCUT2D eigenvalue weighted by molar-refractivity contribution is 5.83. The van der Waals surface area contributed by atoms with E-state index in [0.717, 1.165) is 22.8 Å². The molecule has 0 radical (unpaired) electrons. The lowest BCUT2D eigenvalue weighted by atomic mass is 9.95. The van der Waals surface area contributed by atoms with Crippen LogP contribution in [0.5, 0.6) is 0 Å². The van der Waals surface area contributed by atoms with Gasteiger partial charge in [0.2, 0.25) is 5.91 Å². The van der Waals surface area contributed by atoms with Crippen LogP contribution < -0.4 is 10.6 Å². The number of halogens is 3. The first-order valence-electron chi connectivity index (χ1n) is 10.4. The topological polar surface area (TPSA) is 54.0 Å². The van der Waals surface area contributed by atoms with E-state index >= 15 is 0 Å². The highest BCUT2D eigenvalue weighted by Crippen LogP contribution is 2.28. The fourth-order valence-electron chi connectivity index (χ4n) is 3.60. The molecule has 0 bridgehead atoms. The van der Waals surface area contributed by atoms with Gasteiger partial charge in [0.15, 0.2) is 0 Å². The lowest BCUT2D eigenvalue weighted by Gasteiger charge is -2.26. The largest absolute Gasteiger partial charge is 0.433 e. The van der Waals surface area contributed by atoms with Crippen LogP contribution >= 0.6 is 0 Å². The number of aryl methyl sites for hydroxylation is 2. The second-order valence-electron chi connectivity index (χ2n) is 7.68. The Labute approximate surface area is 185 Å². The smallest absolute Gasteiger partial charge is 0.358 e. The summed E-state index contributed by atoms with van der Waals surface area (Å²) in [4.78, 5) is 16.2. The molecule has 168 valence electrons. The number of benzene rings is 2. The van der Waals surface area contributed by atoms with E-state index in [4.69, 9.17) is 0 Å². The van der Waals surface area contributed by atoms with Gasteiger partial charge in [0.25, 0.3) is 0 Å². The van der Waals surface area contributed by atoms with Gasteiger partial charge in [-0.15, -0.1) is 0 Å². The third-order valence-electron chi connectivity index (χ3n) is 5.29. The molecule has 0 saturated carbocycles. The van der Waals surface area contributed by atoms with E-state index in [-0.39, 0.29) is 11.9 Å². The quantitative estimate of drug-likeness (QED) is 0.508. The molecule has 1 heterocycles. The van der Waals surface area contributed by atoms with Crippen LogP contribution in [-0.4, -0.2) is 17.9 Å². The maximum Gasteiger partial charge on any atom is 0.433 e. The normalized spacial score (nSPS) is 13.4. The number of carbonyl (C=O) groups excluding carboxylic acids is 1. The zero-order chi connectivity index (χ0) is 23.1. The van der Waals surface area contributed by atoms with Crippen molar-refractivity contribution >= 4 is 5.91 Å². The van der Waals surface area contributed by atoms with Gasteiger partial charge >= 0.3 is 6.18 Å². The molecule has 32 heavy (non-hydrogen) atoms. The maximum atomic E-state index is 12.8. The Bertz CT molecular complexity index is 1020. The van der Waals surface area contributed by atoms with Crippen LogP contribution in [0.2, 0.25) is 0 Å². The molecular formula is C25H26F3N3O. The molecule has 4 nitrogen and oxygen atoms in total. The number of rotatable bonds is 8. The fourth-order valence-corrected chi connectivity index (χ4v) is 3.60. The van der Waals surface area contributed by atoms with Gasteiger partial charge in [-0.05, 0) is 42.5 Å². The average Bonchev–Trinajstić information content (AvgIpc) is 2.79. The van der Waals surface area contributed by atoms with E-state index in [9.17, 15) is 18.0 Å². The monoisotopic (exact) mass is 441 g/mol. The number of hydrogen-bond donors (Lipinski definition) is 2. The standard InChI is InChI=1S/C25H26F3N3O/c1-17-7-6-10-20(15-17)21(13-11-18-12-14-22(30-16-18)25(26,27)28)31-23(24(32)29-2)19-8-4-3-5-9-19/h3-10,12,14-16,21,23,31H,11,13H2,1-2H3,(H,29,32)/t21?,23-/m1/s1. The predicted octanol–water partition coefficient (Wildman–Crippen LogP) is 5.16. The lowest BCUT2D eigenvalue weighted by Crippen LogP contribution is -2.38. The van der Waals surface area contributed by atoms with Crippen LogP contribution in [0, 0.1) is 6.92 Å². The summed E-state index contributed by atoms with van der Waals surface area (Å²) < 4.78 is 38.4. The van der Waals surface area contributed by atoms with Gasteiger partial charge in [0.05, 0.1) is 0 Å². The Morgan fingerprint density at radius 1 is 1.00 bits per heavy atom. The minimum absolute atomic E-state index is 0.162. The molecule has 1 unspecified atom stereocenters. The molecule has 7 heteroatoms. The Morgan fingerprint density at radius 2 is 1.72 bits per heavy atom. The number of pyridine rings is 1. The molecule has 0 aliphatic rings. The van der Waals surface area contributed by atoms with Crippen molar-refractivity contribution in [3.05, 3.63) is 101 Å². The highest BCUT2D eigenvalue weighted by Gasteiger charge is 2.32. The first kappa shape index (κ1) is 23.5. The Balaban J connectivity index is 1.84. The van der Waals surface area contributed by atoms with Crippen molar-refractivity contribution in [1.82, 2.24) is 15.6 Å². The van der Waals surface area contributed by atoms with Crippen LogP contribution in [0.25, 0.3) is 0 Å². The summed E-state index contributed by atoms with van der Waals surface area (Å²) in [5, 5.41) is 6.17. The first-order valence-corrected chi connectivity index (χ1v) is 10.4. The van der Waals surface area contributed by atoms with Gasteiger partial charge in [-0.25, -0.2) is 0 Å². The number of hydrogen-bond acceptors (Lipinski definition) is 3. The van der Waals surface area contributed by atoms with Crippen molar-refractivity contribution in [2.24, 2.45) is 0 Å². The number of alkyl halides is 3. The van der Waals surface area contributed by atoms with E-state index < -0.39 is 17.9 Å². The summed E-state index contributed by atoms with van der Waals surface area (Å²) in [6.45, 7) is 1.99. The molecule has 3 rings (SSSR count). The van der Waals surface area contributed by atoms with Crippen molar-refractivity contribution in [1.29, 1.82) is 0 Å². The van der Waals surface area contributed by atoms with E-state index in [1.54, 1.807) is 7.05 Å². The van der Waals surface area contributed by atoms with Gasteiger partial charge in [0.1, 0.15) is 11.7 Å². The van der Waals surface area contributed by atoms with Crippen molar-refractivity contribution in [2.45, 2.75) is 38.0 Å². The molecule has 1 amide bonds. The lowest BCUT2D eigenvalue weighted by molar-refractivity contribution is -0.141. The molecular weight excluding hydrogens is 415 g/mol. The molecule has 0 spiro atoms. The summed E-state index contributed by atoms with van der Waals surface area (Å²) in [7, 11) is 1.59. The molecule has 0 fully saturated rings. The van der Waals surface area contributed by atoms with Gasteiger partial charge in [-0.3, -0.25) is 15.1 Å². The van der Waals surface area contributed by atoms with Crippen LogP contribution in [0.1, 0.15) is 46.5 Å². The van der Waals surface area contributed by atoms with E-state index in [1.165, 1.54) is 12.3 Å². The fraction of sp³-hybridized carbons (Fsp3) is 0.280. The Kier molecular flexibility index (Phi) is 7.64. The molecule has 0 aliphatic heterocycles. The molecule has 1 aromatic heterocycles.